The Balaban J connectivity index is 1.58. The van der Waals surface area contributed by atoms with Gasteiger partial charge in [-0.15, -0.1) is 0 Å². The van der Waals surface area contributed by atoms with Crippen molar-refractivity contribution in [2.75, 3.05) is 32.6 Å². The Morgan fingerprint density at radius 1 is 1.31 bits per heavy atom. The molecular weight excluding hydrogens is 466 g/mol. The van der Waals surface area contributed by atoms with E-state index in [4.69, 9.17) is 4.74 Å². The summed E-state index contributed by atoms with van der Waals surface area (Å²) in [5.74, 6) is -2.36. The van der Waals surface area contributed by atoms with Gasteiger partial charge in [-0.25, -0.2) is 18.6 Å². The molecule has 2 fully saturated rings. The van der Waals surface area contributed by atoms with Gasteiger partial charge in [-0.1, -0.05) is 6.07 Å². The number of likely N-dealkylation sites (tertiary alicyclic amines) is 1. The summed E-state index contributed by atoms with van der Waals surface area (Å²) in [5.41, 5.74) is 3.58. The van der Waals surface area contributed by atoms with Crippen molar-refractivity contribution >= 4 is 22.7 Å². The average Bonchev–Trinajstić information content (AvgIpc) is 3.30. The van der Waals surface area contributed by atoms with Crippen molar-refractivity contribution in [2.45, 2.75) is 51.1 Å². The summed E-state index contributed by atoms with van der Waals surface area (Å²) in [6.45, 7) is 3.26. The molecule has 9 heteroatoms. The fourth-order valence-corrected chi connectivity index (χ4v) is 6.22. The van der Waals surface area contributed by atoms with E-state index in [0.717, 1.165) is 33.3 Å². The maximum atomic E-state index is 14.0. The molecule has 1 aliphatic heterocycles. The quantitative estimate of drug-likeness (QED) is 0.474. The third-order valence-electron chi connectivity index (χ3n) is 7.86. The highest BCUT2D eigenvalue weighted by Gasteiger charge is 2.58. The van der Waals surface area contributed by atoms with Crippen molar-refractivity contribution in [3.63, 3.8) is 0 Å². The lowest BCUT2D eigenvalue weighted by Crippen LogP contribution is -2.53. The fraction of sp³-hybridized carbons (Fsp3) is 0.481. The molecule has 7 nitrogen and oxygen atoms in total. The molecule has 2 aliphatic rings. The minimum absolute atomic E-state index is 0.0380. The average molecular weight is 499 g/mol. The van der Waals surface area contributed by atoms with Gasteiger partial charge in [0, 0.05) is 67.8 Å². The van der Waals surface area contributed by atoms with Crippen LogP contribution >= 0.6 is 0 Å². The Bertz CT molecular complexity index is 1310. The summed E-state index contributed by atoms with van der Waals surface area (Å²) in [7, 11) is 5.31. The lowest BCUT2D eigenvalue weighted by Gasteiger charge is -2.55. The van der Waals surface area contributed by atoms with E-state index in [-0.39, 0.29) is 24.6 Å². The number of benzene rings is 1. The number of nitrogens with zero attached hydrogens (tertiary/aromatic N) is 3. The predicted molar refractivity (Wildman–Crippen MR) is 134 cm³/mol. The first-order valence-electron chi connectivity index (χ1n) is 12.2. The van der Waals surface area contributed by atoms with Gasteiger partial charge < -0.3 is 19.7 Å². The van der Waals surface area contributed by atoms with Gasteiger partial charge in [-0.3, -0.25) is 4.90 Å². The SMILES string of the molecule is COc1cc(C)c2[nH]ccc2c1CN1CCC2(C[C@@H]1c1ccc(C(=O)O)nc1N(C)C)CC(F)(F)C2. The van der Waals surface area contributed by atoms with Crippen molar-refractivity contribution < 1.29 is 23.4 Å². The number of halogens is 2. The van der Waals surface area contributed by atoms with Crippen LogP contribution in [0.25, 0.3) is 10.9 Å². The molecule has 2 aromatic heterocycles. The molecule has 192 valence electrons. The van der Waals surface area contributed by atoms with Crippen LogP contribution in [-0.2, 0) is 6.54 Å². The van der Waals surface area contributed by atoms with Gasteiger partial charge in [0.25, 0.3) is 0 Å². The Morgan fingerprint density at radius 2 is 2.06 bits per heavy atom. The van der Waals surface area contributed by atoms with E-state index in [2.05, 4.69) is 14.9 Å². The first-order valence-corrected chi connectivity index (χ1v) is 12.2. The maximum Gasteiger partial charge on any atom is 0.354 e. The zero-order chi connectivity index (χ0) is 25.8. The number of aryl methyl sites for hydroxylation is 1. The van der Waals surface area contributed by atoms with Gasteiger partial charge in [-0.05, 0) is 55.5 Å². The number of nitrogens with one attached hydrogen (secondary N) is 1. The van der Waals surface area contributed by atoms with Crippen molar-refractivity contribution in [3.8, 4) is 5.75 Å². The van der Waals surface area contributed by atoms with Gasteiger partial charge in [0.15, 0.2) is 5.69 Å². The zero-order valence-corrected chi connectivity index (χ0v) is 21.1. The number of anilines is 1. The van der Waals surface area contributed by atoms with Gasteiger partial charge in [0.05, 0.1) is 7.11 Å². The predicted octanol–water partition coefficient (Wildman–Crippen LogP) is 5.40. The van der Waals surface area contributed by atoms with E-state index in [9.17, 15) is 18.7 Å². The number of methoxy groups -OCH3 is 1. The summed E-state index contributed by atoms with van der Waals surface area (Å²) < 4.78 is 33.9. The van der Waals surface area contributed by atoms with Crippen LogP contribution in [0.4, 0.5) is 14.6 Å². The summed E-state index contributed by atoms with van der Waals surface area (Å²) >= 11 is 0. The van der Waals surface area contributed by atoms with Crippen LogP contribution in [-0.4, -0.2) is 59.6 Å². The highest BCUT2D eigenvalue weighted by Crippen LogP contribution is 2.61. The summed E-state index contributed by atoms with van der Waals surface area (Å²) in [4.78, 5) is 23.4. The Morgan fingerprint density at radius 3 is 2.69 bits per heavy atom. The molecule has 3 heterocycles. The molecule has 3 aromatic rings. The van der Waals surface area contributed by atoms with Gasteiger partial charge in [0.1, 0.15) is 11.6 Å². The summed E-state index contributed by atoms with van der Waals surface area (Å²) in [6.07, 6.45) is 2.98. The molecule has 36 heavy (non-hydrogen) atoms. The van der Waals surface area contributed by atoms with Crippen molar-refractivity contribution in [1.82, 2.24) is 14.9 Å². The molecule has 0 bridgehead atoms. The fourth-order valence-electron chi connectivity index (χ4n) is 6.22. The van der Waals surface area contributed by atoms with Crippen LogP contribution in [0.3, 0.4) is 0 Å². The number of aromatic carboxylic acids is 1. The number of hydrogen-bond donors (Lipinski definition) is 2. The number of aromatic amines is 1. The van der Waals surface area contributed by atoms with Gasteiger partial charge in [0.2, 0.25) is 5.92 Å². The Labute approximate surface area is 209 Å². The number of hydrogen-bond acceptors (Lipinski definition) is 5. The lowest BCUT2D eigenvalue weighted by atomic mass is 9.59. The monoisotopic (exact) mass is 498 g/mol. The van der Waals surface area contributed by atoms with E-state index in [1.54, 1.807) is 18.1 Å². The van der Waals surface area contributed by atoms with Crippen molar-refractivity contribution in [1.29, 1.82) is 0 Å². The van der Waals surface area contributed by atoms with E-state index in [1.165, 1.54) is 6.07 Å². The van der Waals surface area contributed by atoms with E-state index < -0.39 is 17.3 Å². The first kappa shape index (κ1) is 24.5. The molecule has 1 saturated carbocycles. The maximum absolute atomic E-state index is 14.0. The number of carbonyl (C=O) groups is 1. The van der Waals surface area contributed by atoms with Gasteiger partial charge in [-0.2, -0.15) is 0 Å². The van der Waals surface area contributed by atoms with Crippen LogP contribution in [0.15, 0.2) is 30.5 Å². The topological polar surface area (TPSA) is 81.7 Å². The molecular formula is C27H32F2N4O3. The molecule has 1 spiro atoms. The van der Waals surface area contributed by atoms with Crippen LogP contribution in [0, 0.1) is 12.3 Å². The Kier molecular flexibility index (Phi) is 5.94. The zero-order valence-electron chi connectivity index (χ0n) is 21.1. The van der Waals surface area contributed by atoms with E-state index >= 15 is 0 Å². The number of carboxylic acids is 1. The first-order chi connectivity index (χ1) is 17.0. The third-order valence-corrected chi connectivity index (χ3v) is 7.86. The molecule has 1 aliphatic carbocycles. The standard InChI is InChI=1S/C27H32F2N4O3/c1-16-11-22(36-4)19(17-7-9-30-23(16)17)13-33-10-8-26(14-27(28,29)15-26)12-21(33)18-5-6-20(25(34)35)31-24(18)32(2)3/h5-7,9,11,21,30H,8,10,12-15H2,1-4H3,(H,34,35)/t21-/m1/s1. The molecule has 0 unspecified atom stereocenters. The molecule has 0 radical (unpaired) electrons. The highest BCUT2D eigenvalue weighted by molar-refractivity contribution is 5.88. The molecule has 5 rings (SSSR count). The number of carboxylic acid groups (broad SMARTS) is 1. The number of H-pyrrole nitrogens is 1. The van der Waals surface area contributed by atoms with Crippen LogP contribution in [0.5, 0.6) is 5.75 Å². The lowest BCUT2D eigenvalue weighted by molar-refractivity contribution is -0.186. The minimum Gasteiger partial charge on any atom is -0.496 e. The second kappa shape index (κ2) is 8.73. The number of pyridine rings is 1. The van der Waals surface area contributed by atoms with Crippen LogP contribution < -0.4 is 9.64 Å². The second-order valence-electron chi connectivity index (χ2n) is 10.6. The smallest absolute Gasteiger partial charge is 0.354 e. The molecule has 0 amide bonds. The number of aromatic nitrogens is 2. The van der Waals surface area contributed by atoms with Crippen LogP contribution in [0.1, 0.15) is 58.9 Å². The summed E-state index contributed by atoms with van der Waals surface area (Å²) in [5, 5.41) is 10.6. The minimum atomic E-state index is -2.61. The molecule has 1 atom stereocenters. The number of piperidine rings is 1. The summed E-state index contributed by atoms with van der Waals surface area (Å²) in [6, 6.07) is 7.19. The Hall–Kier alpha value is -3.20. The number of rotatable bonds is 6. The van der Waals surface area contributed by atoms with E-state index in [0.29, 0.717) is 31.7 Å². The normalized spacial score (nSPS) is 20.9. The molecule has 2 N–H and O–H groups in total. The number of ether oxygens (including phenoxy) is 1. The van der Waals surface area contributed by atoms with E-state index in [1.807, 2.05) is 39.3 Å². The van der Waals surface area contributed by atoms with Crippen molar-refractivity contribution in [3.05, 3.63) is 52.8 Å². The molecule has 1 saturated heterocycles. The second-order valence-corrected chi connectivity index (χ2v) is 10.6. The van der Waals surface area contributed by atoms with Crippen LogP contribution in [0.2, 0.25) is 0 Å². The number of alkyl halides is 2. The van der Waals surface area contributed by atoms with Gasteiger partial charge >= 0.3 is 5.97 Å². The highest BCUT2D eigenvalue weighted by atomic mass is 19.3. The molecule has 1 aromatic carbocycles. The number of fused-ring (bicyclic) bond motifs is 1. The van der Waals surface area contributed by atoms with Crippen molar-refractivity contribution in [2.24, 2.45) is 5.41 Å². The third kappa shape index (κ3) is 4.19. The largest absolute Gasteiger partial charge is 0.496 e.